The molecule has 0 N–H and O–H groups in total. The first-order valence-electron chi connectivity index (χ1n) is 7.69. The van der Waals surface area contributed by atoms with Gasteiger partial charge in [0.15, 0.2) is 0 Å². The second kappa shape index (κ2) is 5.98. The molecule has 1 nitrogen and oxygen atoms in total. The van der Waals surface area contributed by atoms with Crippen LogP contribution in [0, 0.1) is 19.7 Å². The van der Waals surface area contributed by atoms with Gasteiger partial charge in [-0.25, -0.2) is 4.39 Å². The highest BCUT2D eigenvalue weighted by Crippen LogP contribution is 2.33. The molecule has 0 radical (unpaired) electrons. The number of aryl methyl sites for hydroxylation is 2. The molecule has 0 aromatic heterocycles. The van der Waals surface area contributed by atoms with Crippen molar-refractivity contribution in [3.8, 4) is 0 Å². The zero-order valence-electron chi connectivity index (χ0n) is 12.8. The van der Waals surface area contributed by atoms with Crippen molar-refractivity contribution < 1.29 is 4.39 Å². The number of halogens is 1. The van der Waals surface area contributed by atoms with Gasteiger partial charge in [0.05, 0.1) is 0 Å². The Balaban J connectivity index is 1.79. The molecule has 0 unspecified atom stereocenters. The topological polar surface area (TPSA) is 3.24 Å². The van der Waals surface area contributed by atoms with Crippen molar-refractivity contribution in [3.05, 3.63) is 70.5 Å². The smallest absolute Gasteiger partial charge is 0.123 e. The van der Waals surface area contributed by atoms with Crippen LogP contribution in [0.25, 0.3) is 0 Å². The van der Waals surface area contributed by atoms with Crippen LogP contribution in [0.5, 0.6) is 0 Å². The molecule has 1 aliphatic heterocycles. The van der Waals surface area contributed by atoms with Crippen molar-refractivity contribution in [1.29, 1.82) is 0 Å². The summed E-state index contributed by atoms with van der Waals surface area (Å²) >= 11 is 0. The van der Waals surface area contributed by atoms with Gasteiger partial charge in [0, 0.05) is 12.6 Å². The summed E-state index contributed by atoms with van der Waals surface area (Å²) in [4.78, 5) is 2.47. The number of likely N-dealkylation sites (tertiary alicyclic amines) is 1. The third-order valence-electron chi connectivity index (χ3n) is 4.55. The fourth-order valence-corrected chi connectivity index (χ4v) is 3.24. The lowest BCUT2D eigenvalue weighted by Gasteiger charge is -2.25. The first-order chi connectivity index (χ1) is 10.1. The molecule has 1 aliphatic rings. The molecule has 2 heteroatoms. The normalized spacial score (nSPS) is 19.1. The lowest BCUT2D eigenvalue weighted by molar-refractivity contribution is 0.248. The maximum Gasteiger partial charge on any atom is 0.123 e. The molecule has 2 aromatic rings. The molecule has 0 bridgehead atoms. The highest BCUT2D eigenvalue weighted by Gasteiger charge is 2.26. The highest BCUT2D eigenvalue weighted by molar-refractivity contribution is 5.30. The molecule has 2 aromatic carbocycles. The minimum Gasteiger partial charge on any atom is -0.292 e. The Morgan fingerprint density at radius 3 is 2.71 bits per heavy atom. The van der Waals surface area contributed by atoms with Crippen LogP contribution in [0.1, 0.15) is 41.1 Å². The van der Waals surface area contributed by atoms with E-state index >= 15 is 0 Å². The summed E-state index contributed by atoms with van der Waals surface area (Å²) in [6.45, 7) is 6.34. The van der Waals surface area contributed by atoms with Gasteiger partial charge in [-0.1, -0.05) is 30.3 Å². The summed E-state index contributed by atoms with van der Waals surface area (Å²) in [5.41, 5.74) is 5.13. The van der Waals surface area contributed by atoms with E-state index in [2.05, 4.69) is 36.9 Å². The van der Waals surface area contributed by atoms with E-state index < -0.39 is 0 Å². The molecule has 21 heavy (non-hydrogen) atoms. The summed E-state index contributed by atoms with van der Waals surface area (Å²) in [5.74, 6) is -0.134. The fraction of sp³-hybridized carbons (Fsp3) is 0.368. The van der Waals surface area contributed by atoms with Crippen LogP contribution in [0.3, 0.4) is 0 Å². The van der Waals surface area contributed by atoms with Gasteiger partial charge in [0.2, 0.25) is 0 Å². The molecular formula is C19H22FN. The van der Waals surface area contributed by atoms with E-state index in [0.29, 0.717) is 6.04 Å². The van der Waals surface area contributed by atoms with Gasteiger partial charge in [-0.3, -0.25) is 4.90 Å². The highest BCUT2D eigenvalue weighted by atomic mass is 19.1. The Bertz CT molecular complexity index is 635. The molecule has 3 rings (SSSR count). The standard InChI is InChI=1S/C19H22FN/c1-14-8-9-16(11-15(14)2)13-21-10-4-7-19(21)17-5-3-6-18(20)12-17/h3,5-6,8-9,11-12,19H,4,7,10,13H2,1-2H3/t19-/m0/s1. The predicted octanol–water partition coefficient (Wildman–Crippen LogP) is 4.78. The summed E-state index contributed by atoms with van der Waals surface area (Å²) in [5, 5.41) is 0. The van der Waals surface area contributed by atoms with Crippen LogP contribution in [-0.4, -0.2) is 11.4 Å². The molecule has 0 spiro atoms. The molecular weight excluding hydrogens is 261 g/mol. The van der Waals surface area contributed by atoms with E-state index in [1.165, 1.54) is 29.2 Å². The summed E-state index contributed by atoms with van der Waals surface area (Å²) in [6.07, 6.45) is 2.31. The quantitative estimate of drug-likeness (QED) is 0.783. The fourth-order valence-electron chi connectivity index (χ4n) is 3.24. The van der Waals surface area contributed by atoms with E-state index in [1.54, 1.807) is 6.07 Å². The molecule has 1 saturated heterocycles. The predicted molar refractivity (Wildman–Crippen MR) is 84.7 cm³/mol. The summed E-state index contributed by atoms with van der Waals surface area (Å²) < 4.78 is 13.5. The van der Waals surface area contributed by atoms with Crippen molar-refractivity contribution >= 4 is 0 Å². The monoisotopic (exact) mass is 283 g/mol. The average Bonchev–Trinajstić information content (AvgIpc) is 2.91. The maximum absolute atomic E-state index is 13.5. The van der Waals surface area contributed by atoms with E-state index in [0.717, 1.165) is 25.1 Å². The molecule has 1 heterocycles. The van der Waals surface area contributed by atoms with Crippen LogP contribution < -0.4 is 0 Å². The zero-order valence-corrected chi connectivity index (χ0v) is 12.8. The second-order valence-corrected chi connectivity index (χ2v) is 6.10. The van der Waals surface area contributed by atoms with Crippen molar-refractivity contribution in [2.24, 2.45) is 0 Å². The van der Waals surface area contributed by atoms with Crippen molar-refractivity contribution in [3.63, 3.8) is 0 Å². The third-order valence-corrected chi connectivity index (χ3v) is 4.55. The third kappa shape index (κ3) is 3.16. The van der Waals surface area contributed by atoms with Gasteiger partial charge >= 0.3 is 0 Å². The van der Waals surface area contributed by atoms with Crippen molar-refractivity contribution in [1.82, 2.24) is 4.90 Å². The number of hydrogen-bond acceptors (Lipinski definition) is 1. The molecule has 0 aliphatic carbocycles. The Labute approximate surface area is 126 Å². The summed E-state index contributed by atoms with van der Waals surface area (Å²) in [7, 11) is 0. The lowest BCUT2D eigenvalue weighted by atomic mass is 10.0. The van der Waals surface area contributed by atoms with Gasteiger partial charge in [-0.2, -0.15) is 0 Å². The van der Waals surface area contributed by atoms with E-state index in [9.17, 15) is 4.39 Å². The number of nitrogens with zero attached hydrogens (tertiary/aromatic N) is 1. The molecule has 0 amide bonds. The van der Waals surface area contributed by atoms with Crippen molar-refractivity contribution in [2.75, 3.05) is 6.54 Å². The van der Waals surface area contributed by atoms with Gasteiger partial charge < -0.3 is 0 Å². The Morgan fingerprint density at radius 1 is 1.10 bits per heavy atom. The van der Waals surface area contributed by atoms with Crippen LogP contribution >= 0.6 is 0 Å². The van der Waals surface area contributed by atoms with E-state index in [-0.39, 0.29) is 5.82 Å². The largest absolute Gasteiger partial charge is 0.292 e. The number of hydrogen-bond donors (Lipinski definition) is 0. The van der Waals surface area contributed by atoms with Gasteiger partial charge in [-0.15, -0.1) is 0 Å². The first-order valence-corrected chi connectivity index (χ1v) is 7.69. The van der Waals surface area contributed by atoms with Crippen LogP contribution in [0.4, 0.5) is 4.39 Å². The maximum atomic E-state index is 13.5. The molecule has 110 valence electrons. The Morgan fingerprint density at radius 2 is 1.95 bits per heavy atom. The molecule has 1 fully saturated rings. The molecule has 0 saturated carbocycles. The number of benzene rings is 2. The van der Waals surface area contributed by atoms with Crippen LogP contribution in [-0.2, 0) is 6.54 Å². The lowest BCUT2D eigenvalue weighted by Crippen LogP contribution is -2.22. The van der Waals surface area contributed by atoms with Gasteiger partial charge in [-0.05, 0) is 67.6 Å². The van der Waals surface area contributed by atoms with Crippen LogP contribution in [0.15, 0.2) is 42.5 Å². The number of rotatable bonds is 3. The average molecular weight is 283 g/mol. The first kappa shape index (κ1) is 14.3. The second-order valence-electron chi connectivity index (χ2n) is 6.10. The van der Waals surface area contributed by atoms with Gasteiger partial charge in [0.25, 0.3) is 0 Å². The van der Waals surface area contributed by atoms with Crippen molar-refractivity contribution in [2.45, 2.75) is 39.3 Å². The van der Waals surface area contributed by atoms with E-state index in [4.69, 9.17) is 0 Å². The zero-order chi connectivity index (χ0) is 14.8. The van der Waals surface area contributed by atoms with Crippen LogP contribution in [0.2, 0.25) is 0 Å². The Kier molecular flexibility index (Phi) is 4.07. The van der Waals surface area contributed by atoms with E-state index in [1.807, 2.05) is 12.1 Å². The van der Waals surface area contributed by atoms with Gasteiger partial charge in [0.1, 0.15) is 5.82 Å². The Hall–Kier alpha value is -1.67. The minimum atomic E-state index is -0.134. The SMILES string of the molecule is Cc1ccc(CN2CCC[C@H]2c2cccc(F)c2)cc1C. The summed E-state index contributed by atoms with van der Waals surface area (Å²) in [6, 6.07) is 14.1. The molecule has 1 atom stereocenters. The minimum absolute atomic E-state index is 0.134.